The average molecular weight is 317 g/mol. The molecule has 0 saturated heterocycles. The van der Waals surface area contributed by atoms with Crippen LogP contribution >= 0.6 is 0 Å². The average Bonchev–Trinajstić information content (AvgIpc) is 2.46. The molecule has 77 valence electrons. The number of hydrogen-bond acceptors (Lipinski definition) is 0. The number of rotatable bonds is 2. The van der Waals surface area contributed by atoms with Gasteiger partial charge in [0.05, 0.1) is 0 Å². The topological polar surface area (TPSA) is 0 Å². The Kier molecular flexibility index (Phi) is 6.10. The quantitative estimate of drug-likeness (QED) is 0.512. The molecule has 1 aliphatic carbocycles. The minimum Gasteiger partial charge on any atom is -1.00 e. The van der Waals surface area contributed by atoms with Crippen LogP contribution in [0.1, 0.15) is 17.5 Å². The van der Waals surface area contributed by atoms with Crippen molar-refractivity contribution in [3.05, 3.63) is 54.1 Å². The monoisotopic (exact) mass is 315 g/mol. The Labute approximate surface area is 119 Å². The Morgan fingerprint density at radius 2 is 1.93 bits per heavy atom. The number of hydrogen-bond donors (Lipinski definition) is 0. The summed E-state index contributed by atoms with van der Waals surface area (Å²) < 4.78 is 0.269. The van der Waals surface area contributed by atoms with Gasteiger partial charge in [-0.15, -0.1) is 0 Å². The second-order valence-corrected chi connectivity index (χ2v) is 5.58. The normalized spacial score (nSPS) is 21.2. The van der Waals surface area contributed by atoms with Gasteiger partial charge in [-0.25, -0.2) is 0 Å². The van der Waals surface area contributed by atoms with Gasteiger partial charge in [0.2, 0.25) is 0 Å². The molecule has 0 saturated carbocycles. The molecule has 0 amide bonds. The molecule has 0 bridgehead atoms. The van der Waals surface area contributed by atoms with Crippen LogP contribution in [0, 0.1) is 0 Å². The third kappa shape index (κ3) is 2.84. The first-order valence-electron chi connectivity index (χ1n) is 4.41. The van der Waals surface area contributed by atoms with Crippen LogP contribution in [0.25, 0.3) is 6.08 Å². The first kappa shape index (κ1) is 15.2. The smallest absolute Gasteiger partial charge is 1.00 e. The van der Waals surface area contributed by atoms with Crippen LogP contribution in [0.5, 0.6) is 0 Å². The van der Waals surface area contributed by atoms with Crippen molar-refractivity contribution in [3.63, 3.8) is 0 Å². The van der Waals surface area contributed by atoms with Gasteiger partial charge in [-0.2, -0.15) is 0 Å². The second kappa shape index (κ2) is 6.04. The molecule has 1 aliphatic rings. The van der Waals surface area contributed by atoms with Crippen molar-refractivity contribution in [1.29, 1.82) is 0 Å². The van der Waals surface area contributed by atoms with E-state index in [1.54, 1.807) is 24.7 Å². The minimum absolute atomic E-state index is 0. The van der Waals surface area contributed by atoms with Crippen molar-refractivity contribution >= 4 is 6.08 Å². The zero-order chi connectivity index (χ0) is 9.31. The fourth-order valence-electron chi connectivity index (χ4n) is 1.78. The van der Waals surface area contributed by atoms with Crippen molar-refractivity contribution in [2.24, 2.45) is 0 Å². The summed E-state index contributed by atoms with van der Waals surface area (Å²) in [6.45, 7) is 3.82. The molecule has 15 heavy (non-hydrogen) atoms. The van der Waals surface area contributed by atoms with Gasteiger partial charge in [0.1, 0.15) is 0 Å². The molecule has 0 aliphatic heterocycles. The summed E-state index contributed by atoms with van der Waals surface area (Å²) in [5.74, 6) is 0. The maximum absolute atomic E-state index is 3.82. The minimum atomic E-state index is 0. The summed E-state index contributed by atoms with van der Waals surface area (Å²) in [5.41, 5.74) is 2.84. The van der Waals surface area contributed by atoms with E-state index in [-0.39, 0.29) is 27.9 Å². The van der Waals surface area contributed by atoms with E-state index in [2.05, 4.69) is 43.0 Å². The summed E-state index contributed by atoms with van der Waals surface area (Å²) in [4.78, 5) is 0. The molecule has 1 unspecified atom stereocenters. The van der Waals surface area contributed by atoms with E-state index < -0.39 is 0 Å². The molecule has 3 heteroatoms. The third-order valence-corrected chi connectivity index (χ3v) is 4.03. The predicted molar refractivity (Wildman–Crippen MR) is 52.0 cm³/mol. The molecule has 0 radical (unpaired) electrons. The number of fused-ring (bicyclic) bond motifs is 1. The van der Waals surface area contributed by atoms with Crippen LogP contribution in [-0.2, 0) is 27.8 Å². The van der Waals surface area contributed by atoms with Crippen molar-refractivity contribution in [2.45, 2.75) is 9.54 Å². The SMILES string of the molecule is C=CC[C]1([Zr+2])C=Cc2ccccc21.[Cl-].[Cl-]. The summed E-state index contributed by atoms with van der Waals surface area (Å²) in [6, 6.07) is 8.63. The Balaban J connectivity index is 0.000000980. The summed E-state index contributed by atoms with van der Waals surface area (Å²) in [5, 5.41) is 0. The van der Waals surface area contributed by atoms with Gasteiger partial charge in [-0.3, -0.25) is 0 Å². The molecule has 1 aromatic carbocycles. The zero-order valence-corrected chi connectivity index (χ0v) is 12.2. The van der Waals surface area contributed by atoms with E-state index in [4.69, 9.17) is 0 Å². The van der Waals surface area contributed by atoms with Gasteiger partial charge in [0, 0.05) is 0 Å². The van der Waals surface area contributed by atoms with Crippen LogP contribution in [0.2, 0.25) is 0 Å². The predicted octanol–water partition coefficient (Wildman–Crippen LogP) is -2.96. The van der Waals surface area contributed by atoms with E-state index in [9.17, 15) is 0 Å². The molecule has 0 fully saturated rings. The van der Waals surface area contributed by atoms with Crippen molar-refractivity contribution < 1.29 is 49.5 Å². The molecule has 1 aromatic rings. The Hall–Kier alpha value is 0.163. The fourth-order valence-corrected chi connectivity index (χ4v) is 2.90. The molecule has 1 atom stereocenters. The molecule has 0 heterocycles. The van der Waals surface area contributed by atoms with Crippen LogP contribution < -0.4 is 24.8 Å². The molecule has 0 spiro atoms. The van der Waals surface area contributed by atoms with Gasteiger partial charge in [0.15, 0.2) is 0 Å². The van der Waals surface area contributed by atoms with E-state index in [0.717, 1.165) is 6.42 Å². The summed E-state index contributed by atoms with van der Waals surface area (Å²) in [6.07, 6.45) is 7.62. The van der Waals surface area contributed by atoms with E-state index in [0.29, 0.717) is 0 Å². The Morgan fingerprint density at radius 3 is 2.60 bits per heavy atom. The van der Waals surface area contributed by atoms with Crippen molar-refractivity contribution in [3.8, 4) is 0 Å². The fraction of sp³-hybridized carbons (Fsp3) is 0.167. The first-order valence-corrected chi connectivity index (χ1v) is 5.64. The number of allylic oxidation sites excluding steroid dienone is 2. The maximum atomic E-state index is 3.82. The van der Waals surface area contributed by atoms with Crippen LogP contribution in [-0.4, -0.2) is 0 Å². The van der Waals surface area contributed by atoms with Crippen LogP contribution in [0.4, 0.5) is 0 Å². The second-order valence-electron chi connectivity index (χ2n) is 3.38. The van der Waals surface area contributed by atoms with Gasteiger partial charge in [-0.1, -0.05) is 0 Å². The largest absolute Gasteiger partial charge is 1.00 e. The van der Waals surface area contributed by atoms with Gasteiger partial charge < -0.3 is 24.8 Å². The van der Waals surface area contributed by atoms with Crippen LogP contribution in [0.15, 0.2) is 43.0 Å². The molecule has 0 N–H and O–H groups in total. The standard InChI is InChI=1S/C12H11.2ClH.Zr/c1-2-5-10-8-9-11-6-3-4-7-12(10)11;;;/h2-4,6-9H,1,5H2;2*1H;/q;;;+2/p-2. The summed E-state index contributed by atoms with van der Waals surface area (Å²) in [7, 11) is 0. The maximum Gasteiger partial charge on any atom is -1.00 e. The van der Waals surface area contributed by atoms with Gasteiger partial charge in [-0.05, 0) is 0 Å². The zero-order valence-electron chi connectivity index (χ0n) is 8.21. The molecule has 0 nitrogen and oxygen atoms in total. The third-order valence-electron chi connectivity index (χ3n) is 2.46. The Morgan fingerprint density at radius 1 is 1.27 bits per heavy atom. The van der Waals surface area contributed by atoms with E-state index in [1.807, 2.05) is 6.08 Å². The Bertz CT molecular complexity index is 374. The number of halogens is 2. The summed E-state index contributed by atoms with van der Waals surface area (Å²) >= 11 is 1.55. The van der Waals surface area contributed by atoms with Gasteiger partial charge in [0.25, 0.3) is 0 Å². The number of benzene rings is 1. The van der Waals surface area contributed by atoms with Crippen molar-refractivity contribution in [2.75, 3.05) is 0 Å². The first-order chi connectivity index (χ1) is 6.26. The van der Waals surface area contributed by atoms with Gasteiger partial charge >= 0.3 is 94.5 Å². The van der Waals surface area contributed by atoms with E-state index in [1.165, 1.54) is 11.1 Å². The van der Waals surface area contributed by atoms with Crippen molar-refractivity contribution in [1.82, 2.24) is 0 Å². The molecule has 0 aromatic heterocycles. The molecule has 2 rings (SSSR count). The molecular weight excluding hydrogens is 306 g/mol. The molecular formula is C12H11Cl2Zr. The van der Waals surface area contributed by atoms with E-state index >= 15 is 0 Å². The van der Waals surface area contributed by atoms with Crippen LogP contribution in [0.3, 0.4) is 0 Å².